The van der Waals surface area contributed by atoms with Crippen molar-refractivity contribution >= 4 is 0 Å². The molecule has 0 bridgehead atoms. The predicted molar refractivity (Wildman–Crippen MR) is 67.7 cm³/mol. The fourth-order valence-corrected chi connectivity index (χ4v) is 3.08. The van der Waals surface area contributed by atoms with Gasteiger partial charge in [0.15, 0.2) is 0 Å². The fraction of sp³-hybridized carbons (Fsp3) is 0.769. The molecule has 1 N–H and O–H groups in total. The zero-order valence-electron chi connectivity index (χ0n) is 10.8. The van der Waals surface area contributed by atoms with Gasteiger partial charge in [0, 0.05) is 37.4 Å². The number of nitrogens with one attached hydrogen (secondary N) is 1. The van der Waals surface area contributed by atoms with Crippen molar-refractivity contribution < 1.29 is 0 Å². The number of fused-ring (bicyclic) bond motifs is 1. The summed E-state index contributed by atoms with van der Waals surface area (Å²) in [5, 5.41) is 7.89. The molecular formula is C13H22N4. The van der Waals surface area contributed by atoms with E-state index in [1.165, 1.54) is 31.7 Å². The largest absolute Gasteiger partial charge is 0.316 e. The van der Waals surface area contributed by atoms with Crippen LogP contribution in [0.1, 0.15) is 25.5 Å². The van der Waals surface area contributed by atoms with Crippen LogP contribution in [0, 0.1) is 11.8 Å². The molecule has 2 saturated heterocycles. The van der Waals surface area contributed by atoms with Crippen molar-refractivity contribution in [3.63, 3.8) is 0 Å². The van der Waals surface area contributed by atoms with Crippen LogP contribution in [0.5, 0.6) is 0 Å². The second-order valence-electron chi connectivity index (χ2n) is 5.79. The minimum atomic E-state index is 0.464. The van der Waals surface area contributed by atoms with Crippen molar-refractivity contribution in [1.29, 1.82) is 0 Å². The van der Waals surface area contributed by atoms with Gasteiger partial charge in [0.2, 0.25) is 0 Å². The molecule has 17 heavy (non-hydrogen) atoms. The summed E-state index contributed by atoms with van der Waals surface area (Å²) in [6, 6.07) is 0.464. The Morgan fingerprint density at radius 3 is 2.65 bits per heavy atom. The van der Waals surface area contributed by atoms with Gasteiger partial charge in [-0.2, -0.15) is 5.10 Å². The molecule has 2 aliphatic heterocycles. The molecule has 0 saturated carbocycles. The smallest absolute Gasteiger partial charge is 0.0534 e. The lowest BCUT2D eigenvalue weighted by Gasteiger charge is -2.15. The highest BCUT2D eigenvalue weighted by Gasteiger charge is 2.35. The Kier molecular flexibility index (Phi) is 2.92. The van der Waals surface area contributed by atoms with E-state index in [1.54, 1.807) is 0 Å². The van der Waals surface area contributed by atoms with Gasteiger partial charge in [-0.05, 0) is 38.8 Å². The molecule has 2 fully saturated rings. The minimum Gasteiger partial charge on any atom is -0.316 e. The van der Waals surface area contributed by atoms with Gasteiger partial charge in [0.05, 0.1) is 6.20 Å². The Balaban J connectivity index is 1.60. The average Bonchev–Trinajstić information content (AvgIpc) is 2.91. The molecule has 4 nitrogen and oxygen atoms in total. The number of aromatic nitrogens is 2. The maximum absolute atomic E-state index is 4.41. The molecule has 1 aromatic rings. The summed E-state index contributed by atoms with van der Waals surface area (Å²) in [4.78, 5) is 2.58. The number of rotatable bonds is 3. The molecule has 0 aliphatic carbocycles. The van der Waals surface area contributed by atoms with E-state index >= 15 is 0 Å². The number of likely N-dealkylation sites (tertiary alicyclic amines) is 1. The maximum atomic E-state index is 4.41. The first-order chi connectivity index (χ1) is 8.22. The number of hydrogen-bond acceptors (Lipinski definition) is 3. The molecule has 0 amide bonds. The molecule has 0 radical (unpaired) electrons. The lowest BCUT2D eigenvalue weighted by molar-refractivity contribution is 0.305. The molecule has 3 rings (SSSR count). The van der Waals surface area contributed by atoms with Crippen LogP contribution in [0.4, 0.5) is 0 Å². The SMILES string of the molecule is CC(C)n1cc(CN2C[C@H]3CNC[C@H]3C2)cn1. The summed E-state index contributed by atoms with van der Waals surface area (Å²) in [5.41, 5.74) is 1.35. The van der Waals surface area contributed by atoms with Crippen LogP contribution in [0.25, 0.3) is 0 Å². The Morgan fingerprint density at radius 1 is 1.35 bits per heavy atom. The van der Waals surface area contributed by atoms with Gasteiger partial charge in [0.25, 0.3) is 0 Å². The fourth-order valence-electron chi connectivity index (χ4n) is 3.08. The highest BCUT2D eigenvalue weighted by atomic mass is 15.3. The third-order valence-corrected chi connectivity index (χ3v) is 4.06. The predicted octanol–water partition coefficient (Wildman–Crippen LogP) is 1.12. The molecule has 2 atom stereocenters. The van der Waals surface area contributed by atoms with Crippen molar-refractivity contribution in [2.24, 2.45) is 11.8 Å². The van der Waals surface area contributed by atoms with Crippen molar-refractivity contribution in [2.75, 3.05) is 26.2 Å². The van der Waals surface area contributed by atoms with E-state index in [-0.39, 0.29) is 0 Å². The molecule has 2 aliphatic rings. The maximum Gasteiger partial charge on any atom is 0.0534 e. The lowest BCUT2D eigenvalue weighted by atomic mass is 10.0. The quantitative estimate of drug-likeness (QED) is 0.850. The minimum absolute atomic E-state index is 0.464. The normalized spacial score (nSPS) is 29.1. The van der Waals surface area contributed by atoms with Gasteiger partial charge in [-0.15, -0.1) is 0 Å². The highest BCUT2D eigenvalue weighted by Crippen LogP contribution is 2.27. The van der Waals surface area contributed by atoms with Crippen LogP contribution in [0.3, 0.4) is 0 Å². The second kappa shape index (κ2) is 4.42. The first-order valence-electron chi connectivity index (χ1n) is 6.68. The van der Waals surface area contributed by atoms with E-state index in [4.69, 9.17) is 0 Å². The summed E-state index contributed by atoms with van der Waals surface area (Å²) in [7, 11) is 0. The van der Waals surface area contributed by atoms with Crippen LogP contribution in [0.15, 0.2) is 12.4 Å². The van der Waals surface area contributed by atoms with E-state index in [0.717, 1.165) is 18.4 Å². The van der Waals surface area contributed by atoms with E-state index in [0.29, 0.717) is 6.04 Å². The van der Waals surface area contributed by atoms with Crippen LogP contribution in [0.2, 0.25) is 0 Å². The van der Waals surface area contributed by atoms with Crippen LogP contribution in [-0.2, 0) is 6.54 Å². The van der Waals surface area contributed by atoms with Gasteiger partial charge in [-0.25, -0.2) is 0 Å². The van der Waals surface area contributed by atoms with E-state index in [1.807, 2.05) is 10.9 Å². The van der Waals surface area contributed by atoms with Gasteiger partial charge in [0.1, 0.15) is 0 Å². The van der Waals surface area contributed by atoms with Crippen LogP contribution >= 0.6 is 0 Å². The van der Waals surface area contributed by atoms with Crippen LogP contribution < -0.4 is 5.32 Å². The Hall–Kier alpha value is -0.870. The Bertz CT molecular complexity index is 373. The molecule has 1 aromatic heterocycles. The molecule has 0 unspecified atom stereocenters. The Morgan fingerprint density at radius 2 is 2.06 bits per heavy atom. The molecule has 94 valence electrons. The monoisotopic (exact) mass is 234 g/mol. The third-order valence-electron chi connectivity index (χ3n) is 4.06. The second-order valence-corrected chi connectivity index (χ2v) is 5.79. The standard InChI is InChI=1S/C13H22N4/c1-10(2)17-7-11(3-15-17)6-16-8-12-4-14-5-13(12)9-16/h3,7,10,12-14H,4-6,8-9H2,1-2H3/t12-,13+. The number of nitrogens with zero attached hydrogens (tertiary/aromatic N) is 3. The lowest BCUT2D eigenvalue weighted by Crippen LogP contribution is -2.25. The highest BCUT2D eigenvalue weighted by molar-refractivity contribution is 5.05. The summed E-state index contributed by atoms with van der Waals surface area (Å²) in [6.45, 7) is 10.3. The van der Waals surface area contributed by atoms with Gasteiger partial charge >= 0.3 is 0 Å². The zero-order valence-corrected chi connectivity index (χ0v) is 10.8. The van der Waals surface area contributed by atoms with E-state index < -0.39 is 0 Å². The van der Waals surface area contributed by atoms with Gasteiger partial charge < -0.3 is 5.32 Å². The van der Waals surface area contributed by atoms with E-state index in [2.05, 4.69) is 35.4 Å². The number of hydrogen-bond donors (Lipinski definition) is 1. The molecule has 0 aromatic carbocycles. The summed E-state index contributed by atoms with van der Waals surface area (Å²) < 4.78 is 2.05. The molecule has 3 heterocycles. The summed E-state index contributed by atoms with van der Waals surface area (Å²) in [5.74, 6) is 1.77. The summed E-state index contributed by atoms with van der Waals surface area (Å²) >= 11 is 0. The topological polar surface area (TPSA) is 33.1 Å². The van der Waals surface area contributed by atoms with Crippen molar-refractivity contribution in [1.82, 2.24) is 20.0 Å². The molecule has 4 heteroatoms. The van der Waals surface area contributed by atoms with Crippen LogP contribution in [-0.4, -0.2) is 40.9 Å². The van der Waals surface area contributed by atoms with Gasteiger partial charge in [-0.3, -0.25) is 9.58 Å². The molecule has 0 spiro atoms. The third kappa shape index (κ3) is 2.24. The molecular weight excluding hydrogens is 212 g/mol. The first-order valence-corrected chi connectivity index (χ1v) is 6.68. The first kappa shape index (κ1) is 11.2. The van der Waals surface area contributed by atoms with Crippen molar-refractivity contribution in [3.05, 3.63) is 18.0 Å². The van der Waals surface area contributed by atoms with Crippen molar-refractivity contribution in [3.8, 4) is 0 Å². The average molecular weight is 234 g/mol. The van der Waals surface area contributed by atoms with E-state index in [9.17, 15) is 0 Å². The Labute approximate surface area is 103 Å². The zero-order chi connectivity index (χ0) is 11.8. The van der Waals surface area contributed by atoms with Gasteiger partial charge in [-0.1, -0.05) is 0 Å². The van der Waals surface area contributed by atoms with Crippen molar-refractivity contribution in [2.45, 2.75) is 26.4 Å². The summed E-state index contributed by atoms with van der Waals surface area (Å²) in [6.07, 6.45) is 4.21.